The Morgan fingerprint density at radius 1 is 1.19 bits per heavy atom. The quantitative estimate of drug-likeness (QED) is 0.626. The summed E-state index contributed by atoms with van der Waals surface area (Å²) in [5.41, 5.74) is 3.02. The molecule has 2 heterocycles. The second-order valence-electron chi connectivity index (χ2n) is 6.23. The number of ether oxygens (including phenoxy) is 1. The van der Waals surface area contributed by atoms with E-state index in [0.717, 1.165) is 23.4 Å². The van der Waals surface area contributed by atoms with Crippen molar-refractivity contribution in [3.05, 3.63) is 54.1 Å². The zero-order valence-corrected chi connectivity index (χ0v) is 15.9. The lowest BCUT2D eigenvalue weighted by molar-refractivity contribution is -0.117. The normalized spacial score (nSPS) is 14.1. The highest BCUT2D eigenvalue weighted by molar-refractivity contribution is 8.00. The lowest BCUT2D eigenvalue weighted by Crippen LogP contribution is -2.35. The van der Waals surface area contributed by atoms with E-state index >= 15 is 0 Å². The zero-order chi connectivity index (χ0) is 18.8. The van der Waals surface area contributed by atoms with Crippen LogP contribution in [0, 0.1) is 0 Å². The highest BCUT2D eigenvalue weighted by Crippen LogP contribution is 2.32. The van der Waals surface area contributed by atoms with Crippen molar-refractivity contribution in [3.63, 3.8) is 0 Å². The van der Waals surface area contributed by atoms with Gasteiger partial charge >= 0.3 is 0 Å². The van der Waals surface area contributed by atoms with Crippen LogP contribution in [0.5, 0.6) is 5.75 Å². The summed E-state index contributed by atoms with van der Waals surface area (Å²) >= 11 is 1.28. The maximum Gasteiger partial charge on any atom is 0.277 e. The molecule has 1 aliphatic rings. The second kappa shape index (κ2) is 7.44. The summed E-state index contributed by atoms with van der Waals surface area (Å²) in [7, 11) is 1.62. The first kappa shape index (κ1) is 17.6. The first-order valence-electron chi connectivity index (χ1n) is 8.69. The number of benzene rings is 2. The summed E-state index contributed by atoms with van der Waals surface area (Å²) in [4.78, 5) is 14.7. The van der Waals surface area contributed by atoms with Crippen LogP contribution in [0.25, 0.3) is 11.5 Å². The van der Waals surface area contributed by atoms with Gasteiger partial charge in [-0.25, -0.2) is 0 Å². The van der Waals surface area contributed by atoms with Crippen molar-refractivity contribution in [2.45, 2.75) is 23.8 Å². The van der Waals surface area contributed by atoms with Crippen LogP contribution in [0.3, 0.4) is 0 Å². The van der Waals surface area contributed by atoms with Crippen LogP contribution in [-0.2, 0) is 11.2 Å². The highest BCUT2D eigenvalue weighted by Gasteiger charge is 2.29. The lowest BCUT2D eigenvalue weighted by Gasteiger charge is -2.20. The van der Waals surface area contributed by atoms with Gasteiger partial charge < -0.3 is 14.1 Å². The third-order valence-corrected chi connectivity index (χ3v) is 5.44. The summed E-state index contributed by atoms with van der Waals surface area (Å²) in [6.45, 7) is 2.58. The minimum atomic E-state index is -0.319. The first-order valence-corrected chi connectivity index (χ1v) is 9.57. The van der Waals surface area contributed by atoms with Crippen molar-refractivity contribution in [2.24, 2.45) is 0 Å². The Bertz CT molecular complexity index is 955. The van der Waals surface area contributed by atoms with Crippen molar-refractivity contribution < 1.29 is 13.9 Å². The van der Waals surface area contributed by atoms with Gasteiger partial charge in [0.25, 0.3) is 5.22 Å². The number of para-hydroxylation sites is 1. The second-order valence-corrected chi connectivity index (χ2v) is 7.52. The fraction of sp³-hybridized carbons (Fsp3) is 0.250. The number of amides is 1. The molecule has 1 amide bonds. The van der Waals surface area contributed by atoms with Crippen molar-refractivity contribution >= 4 is 23.4 Å². The van der Waals surface area contributed by atoms with E-state index < -0.39 is 0 Å². The third kappa shape index (κ3) is 3.55. The fourth-order valence-electron chi connectivity index (χ4n) is 3.10. The Labute approximate surface area is 161 Å². The Balaban J connectivity index is 1.45. The molecule has 0 spiro atoms. The lowest BCUT2D eigenvalue weighted by atomic mass is 10.2. The molecule has 0 saturated carbocycles. The molecule has 4 rings (SSSR count). The number of carbonyl (C=O) groups excluding carboxylic acids is 1. The topological polar surface area (TPSA) is 68.5 Å². The van der Waals surface area contributed by atoms with Crippen LogP contribution >= 0.6 is 11.8 Å². The maximum atomic E-state index is 12.9. The molecule has 6 nitrogen and oxygen atoms in total. The average molecular weight is 381 g/mol. The molecule has 27 heavy (non-hydrogen) atoms. The van der Waals surface area contributed by atoms with E-state index in [2.05, 4.69) is 16.3 Å². The number of fused-ring (bicyclic) bond motifs is 1. The predicted octanol–water partition coefficient (Wildman–Crippen LogP) is 3.82. The van der Waals surface area contributed by atoms with E-state index in [1.54, 1.807) is 7.11 Å². The number of aromatic nitrogens is 2. The van der Waals surface area contributed by atoms with E-state index in [1.807, 2.05) is 54.3 Å². The molecule has 1 aliphatic heterocycles. The molecule has 138 valence electrons. The molecule has 1 atom stereocenters. The summed E-state index contributed by atoms with van der Waals surface area (Å²) < 4.78 is 10.9. The molecule has 7 heteroatoms. The van der Waals surface area contributed by atoms with Crippen molar-refractivity contribution in [3.8, 4) is 17.2 Å². The number of hydrogen-bond acceptors (Lipinski definition) is 6. The maximum absolute atomic E-state index is 12.9. The number of rotatable bonds is 5. The van der Waals surface area contributed by atoms with Crippen molar-refractivity contribution in [1.29, 1.82) is 0 Å². The smallest absolute Gasteiger partial charge is 0.277 e. The van der Waals surface area contributed by atoms with E-state index in [-0.39, 0.29) is 11.2 Å². The van der Waals surface area contributed by atoms with Gasteiger partial charge in [-0.1, -0.05) is 30.0 Å². The van der Waals surface area contributed by atoms with Crippen LogP contribution in [0.15, 0.2) is 58.2 Å². The van der Waals surface area contributed by atoms with Crippen LogP contribution in [0.2, 0.25) is 0 Å². The summed E-state index contributed by atoms with van der Waals surface area (Å²) in [5.74, 6) is 1.23. The van der Waals surface area contributed by atoms with Gasteiger partial charge in [0.15, 0.2) is 0 Å². The van der Waals surface area contributed by atoms with Gasteiger partial charge in [-0.15, -0.1) is 10.2 Å². The number of anilines is 1. The molecule has 0 N–H and O–H groups in total. The number of hydrogen-bond donors (Lipinski definition) is 0. The van der Waals surface area contributed by atoms with Crippen molar-refractivity contribution in [2.75, 3.05) is 18.6 Å². The Morgan fingerprint density at radius 3 is 2.74 bits per heavy atom. The monoisotopic (exact) mass is 381 g/mol. The SMILES string of the molecule is COc1ccc(-c2nnc(S[C@@H](C)C(=O)N3CCc4ccccc43)o2)cc1. The molecule has 0 bridgehead atoms. The average Bonchev–Trinajstić information content (AvgIpc) is 3.34. The minimum Gasteiger partial charge on any atom is -0.497 e. The summed E-state index contributed by atoms with van der Waals surface area (Å²) in [6, 6.07) is 15.4. The van der Waals surface area contributed by atoms with Crippen LogP contribution in [0.4, 0.5) is 5.69 Å². The standard InChI is InChI=1S/C20H19N3O3S/c1-13(19(24)23-12-11-14-5-3-4-6-17(14)23)27-20-22-21-18(26-20)15-7-9-16(25-2)10-8-15/h3-10,13H,11-12H2,1-2H3/t13-/m0/s1. The van der Waals surface area contributed by atoms with Gasteiger partial charge in [0.2, 0.25) is 11.8 Å². The van der Waals surface area contributed by atoms with Crippen LogP contribution in [0.1, 0.15) is 12.5 Å². The van der Waals surface area contributed by atoms with E-state index in [4.69, 9.17) is 9.15 Å². The Hall–Kier alpha value is -2.80. The Kier molecular flexibility index (Phi) is 4.85. The molecular formula is C20H19N3O3S. The minimum absolute atomic E-state index is 0.0501. The van der Waals surface area contributed by atoms with Crippen LogP contribution < -0.4 is 9.64 Å². The molecule has 0 fully saturated rings. The van der Waals surface area contributed by atoms with Gasteiger partial charge in [0.1, 0.15) is 5.75 Å². The van der Waals surface area contributed by atoms with Gasteiger partial charge in [0.05, 0.1) is 12.4 Å². The highest BCUT2D eigenvalue weighted by atomic mass is 32.2. The Morgan fingerprint density at radius 2 is 1.96 bits per heavy atom. The van der Waals surface area contributed by atoms with Gasteiger partial charge in [-0.05, 0) is 49.2 Å². The molecule has 0 radical (unpaired) electrons. The fourth-order valence-corrected chi connectivity index (χ4v) is 3.84. The van der Waals surface area contributed by atoms with E-state index in [0.29, 0.717) is 17.7 Å². The van der Waals surface area contributed by atoms with E-state index in [1.165, 1.54) is 17.3 Å². The number of methoxy groups -OCH3 is 1. The van der Waals surface area contributed by atoms with Crippen molar-refractivity contribution in [1.82, 2.24) is 10.2 Å². The third-order valence-electron chi connectivity index (χ3n) is 4.52. The number of thioether (sulfide) groups is 1. The molecule has 1 aromatic heterocycles. The number of nitrogens with zero attached hydrogens (tertiary/aromatic N) is 3. The van der Waals surface area contributed by atoms with E-state index in [9.17, 15) is 4.79 Å². The number of carbonyl (C=O) groups is 1. The van der Waals surface area contributed by atoms with Gasteiger partial charge in [-0.2, -0.15) is 0 Å². The first-order chi connectivity index (χ1) is 13.2. The molecule has 2 aromatic carbocycles. The molecule has 3 aromatic rings. The van der Waals surface area contributed by atoms with Crippen LogP contribution in [-0.4, -0.2) is 35.0 Å². The zero-order valence-electron chi connectivity index (χ0n) is 15.1. The largest absolute Gasteiger partial charge is 0.497 e. The molecule has 0 unspecified atom stereocenters. The van der Waals surface area contributed by atoms with Gasteiger partial charge in [0, 0.05) is 17.8 Å². The summed E-state index contributed by atoms with van der Waals surface area (Å²) in [6.07, 6.45) is 0.890. The molecule has 0 aliphatic carbocycles. The predicted molar refractivity (Wildman–Crippen MR) is 104 cm³/mol. The molecular weight excluding hydrogens is 362 g/mol. The summed E-state index contributed by atoms with van der Waals surface area (Å²) in [5, 5.41) is 8.22. The van der Waals surface area contributed by atoms with Gasteiger partial charge in [-0.3, -0.25) is 4.79 Å². The molecule has 0 saturated heterocycles.